The summed E-state index contributed by atoms with van der Waals surface area (Å²) in [6.07, 6.45) is 3.63. The summed E-state index contributed by atoms with van der Waals surface area (Å²) >= 11 is 0. The van der Waals surface area contributed by atoms with Crippen LogP contribution in [0.5, 0.6) is 0 Å². The fourth-order valence-corrected chi connectivity index (χ4v) is 2.05. The van der Waals surface area contributed by atoms with Crippen molar-refractivity contribution in [2.75, 3.05) is 0 Å². The molecule has 1 fully saturated rings. The van der Waals surface area contributed by atoms with Crippen molar-refractivity contribution in [3.05, 3.63) is 41.2 Å². The normalized spacial score (nSPS) is 14.8. The van der Waals surface area contributed by atoms with Gasteiger partial charge in [0.15, 0.2) is 5.82 Å². The minimum atomic E-state index is 0.675. The van der Waals surface area contributed by atoms with Crippen LogP contribution >= 0.6 is 0 Å². The van der Waals surface area contributed by atoms with Crippen LogP contribution < -0.4 is 5.32 Å². The van der Waals surface area contributed by atoms with E-state index < -0.39 is 0 Å². The number of rotatable bonds is 6. The number of hydrogen-bond acceptors (Lipinski definition) is 4. The van der Waals surface area contributed by atoms with E-state index in [0.29, 0.717) is 6.04 Å². The molecule has 0 aliphatic heterocycles. The number of tetrazole rings is 1. The van der Waals surface area contributed by atoms with Gasteiger partial charge in [-0.3, -0.25) is 0 Å². The number of aromatic nitrogens is 4. The van der Waals surface area contributed by atoms with E-state index in [1.165, 1.54) is 24.0 Å². The van der Waals surface area contributed by atoms with Crippen LogP contribution in [0.1, 0.15) is 36.7 Å². The van der Waals surface area contributed by atoms with Crippen molar-refractivity contribution in [2.24, 2.45) is 0 Å². The highest BCUT2D eigenvalue weighted by atomic mass is 15.5. The zero-order valence-electron chi connectivity index (χ0n) is 11.2. The molecule has 5 nitrogen and oxygen atoms in total. The Morgan fingerprint density at radius 2 is 1.95 bits per heavy atom. The molecule has 19 heavy (non-hydrogen) atoms. The maximum absolute atomic E-state index is 4.09. The van der Waals surface area contributed by atoms with E-state index in [1.807, 2.05) is 4.68 Å². The molecular formula is C14H19N5. The van der Waals surface area contributed by atoms with Crippen LogP contribution in [0.3, 0.4) is 0 Å². The summed E-state index contributed by atoms with van der Waals surface area (Å²) in [5.74, 6) is 0.909. The van der Waals surface area contributed by atoms with Crippen molar-refractivity contribution < 1.29 is 0 Å². The highest BCUT2D eigenvalue weighted by Crippen LogP contribution is 2.19. The second-order valence-electron chi connectivity index (χ2n) is 5.08. The highest BCUT2D eigenvalue weighted by molar-refractivity contribution is 5.22. The van der Waals surface area contributed by atoms with Crippen molar-refractivity contribution in [2.45, 2.75) is 45.3 Å². The number of nitrogens with one attached hydrogen (secondary N) is 1. The molecule has 5 heteroatoms. The van der Waals surface area contributed by atoms with Crippen molar-refractivity contribution >= 4 is 0 Å². The quantitative estimate of drug-likeness (QED) is 0.852. The maximum Gasteiger partial charge on any atom is 0.165 e. The summed E-state index contributed by atoms with van der Waals surface area (Å²) in [5, 5.41) is 15.4. The van der Waals surface area contributed by atoms with Gasteiger partial charge in [0, 0.05) is 6.04 Å². The third-order valence-electron chi connectivity index (χ3n) is 3.50. The molecule has 0 atom stereocenters. The molecule has 100 valence electrons. The lowest BCUT2D eigenvalue weighted by Crippen LogP contribution is -2.19. The lowest BCUT2D eigenvalue weighted by molar-refractivity contribution is 0.577. The zero-order valence-corrected chi connectivity index (χ0v) is 11.2. The molecule has 1 aromatic carbocycles. The van der Waals surface area contributed by atoms with E-state index >= 15 is 0 Å². The van der Waals surface area contributed by atoms with E-state index in [4.69, 9.17) is 0 Å². The van der Waals surface area contributed by atoms with Gasteiger partial charge in [-0.2, -0.15) is 0 Å². The fraction of sp³-hybridized carbons (Fsp3) is 0.500. The van der Waals surface area contributed by atoms with Gasteiger partial charge in [-0.1, -0.05) is 31.2 Å². The monoisotopic (exact) mass is 257 g/mol. The molecule has 0 spiro atoms. The molecule has 1 aliphatic rings. The van der Waals surface area contributed by atoms with Crippen LogP contribution in [0.25, 0.3) is 0 Å². The van der Waals surface area contributed by atoms with Crippen LogP contribution in [0, 0.1) is 0 Å². The lowest BCUT2D eigenvalue weighted by atomic mass is 10.1. The first-order valence-corrected chi connectivity index (χ1v) is 6.91. The molecule has 0 radical (unpaired) electrons. The second-order valence-corrected chi connectivity index (χ2v) is 5.08. The Kier molecular flexibility index (Phi) is 3.55. The van der Waals surface area contributed by atoms with Crippen LogP contribution in [0.15, 0.2) is 24.3 Å². The molecule has 1 saturated carbocycles. The van der Waals surface area contributed by atoms with Gasteiger partial charge in [0.2, 0.25) is 0 Å². The minimum absolute atomic E-state index is 0.675. The summed E-state index contributed by atoms with van der Waals surface area (Å²) in [5.41, 5.74) is 2.59. The van der Waals surface area contributed by atoms with E-state index in [9.17, 15) is 0 Å². The molecule has 0 saturated heterocycles. The summed E-state index contributed by atoms with van der Waals surface area (Å²) in [6, 6.07) is 9.31. The van der Waals surface area contributed by atoms with Crippen LogP contribution in [-0.4, -0.2) is 26.2 Å². The number of aryl methyl sites for hydroxylation is 1. The largest absolute Gasteiger partial charge is 0.307 e. The van der Waals surface area contributed by atoms with Crippen molar-refractivity contribution in [3.8, 4) is 0 Å². The molecule has 0 bridgehead atoms. The first kappa shape index (κ1) is 12.3. The SMILES string of the molecule is CCc1ccc(Cn2nnnc2CNC2CC2)cc1. The van der Waals surface area contributed by atoms with E-state index in [1.54, 1.807) is 0 Å². The van der Waals surface area contributed by atoms with Gasteiger partial charge in [0.05, 0.1) is 13.1 Å². The first-order chi connectivity index (χ1) is 9.35. The smallest absolute Gasteiger partial charge is 0.165 e. The Balaban J connectivity index is 1.65. The summed E-state index contributed by atoms with van der Waals surface area (Å²) in [4.78, 5) is 0. The molecule has 2 aromatic rings. The molecule has 0 unspecified atom stereocenters. The van der Waals surface area contributed by atoms with Crippen LogP contribution in [0.4, 0.5) is 0 Å². The summed E-state index contributed by atoms with van der Waals surface area (Å²) in [6.45, 7) is 3.65. The fourth-order valence-electron chi connectivity index (χ4n) is 2.05. The predicted molar refractivity (Wildman–Crippen MR) is 72.6 cm³/mol. The molecular weight excluding hydrogens is 238 g/mol. The molecule has 1 N–H and O–H groups in total. The Bertz CT molecular complexity index is 527. The molecule has 0 amide bonds. The Hall–Kier alpha value is -1.75. The predicted octanol–water partition coefficient (Wildman–Crippen LogP) is 1.54. The van der Waals surface area contributed by atoms with Crippen molar-refractivity contribution in [1.82, 2.24) is 25.5 Å². The molecule has 1 aliphatic carbocycles. The van der Waals surface area contributed by atoms with Crippen molar-refractivity contribution in [1.29, 1.82) is 0 Å². The number of hydrogen-bond donors (Lipinski definition) is 1. The Labute approximate surface area is 113 Å². The van der Waals surface area contributed by atoms with Crippen molar-refractivity contribution in [3.63, 3.8) is 0 Å². The molecule has 1 heterocycles. The van der Waals surface area contributed by atoms with Gasteiger partial charge < -0.3 is 5.32 Å². The first-order valence-electron chi connectivity index (χ1n) is 6.91. The minimum Gasteiger partial charge on any atom is -0.307 e. The molecule has 3 rings (SSSR count). The average molecular weight is 257 g/mol. The topological polar surface area (TPSA) is 55.6 Å². The van der Waals surface area contributed by atoms with Gasteiger partial charge in [-0.15, -0.1) is 5.10 Å². The second kappa shape index (κ2) is 5.48. The third kappa shape index (κ3) is 3.17. The van der Waals surface area contributed by atoms with E-state index in [2.05, 4.69) is 52.0 Å². The zero-order chi connectivity index (χ0) is 13.1. The average Bonchev–Trinajstić information content (AvgIpc) is 3.18. The van der Waals surface area contributed by atoms with Crippen LogP contribution in [0.2, 0.25) is 0 Å². The van der Waals surface area contributed by atoms with E-state index in [0.717, 1.165) is 25.3 Å². The van der Waals surface area contributed by atoms with Gasteiger partial charge in [-0.25, -0.2) is 4.68 Å². The summed E-state index contributed by atoms with van der Waals surface area (Å²) < 4.78 is 1.87. The third-order valence-corrected chi connectivity index (χ3v) is 3.50. The van der Waals surface area contributed by atoms with Gasteiger partial charge in [0.25, 0.3) is 0 Å². The Morgan fingerprint density at radius 1 is 1.21 bits per heavy atom. The standard InChI is InChI=1S/C14H19N5/c1-2-11-3-5-12(6-4-11)10-19-14(16-17-18-19)9-15-13-7-8-13/h3-6,13,15H,2,7-10H2,1H3. The van der Waals surface area contributed by atoms with E-state index in [-0.39, 0.29) is 0 Å². The van der Waals surface area contributed by atoms with Crippen LogP contribution in [-0.2, 0) is 19.5 Å². The Morgan fingerprint density at radius 3 is 2.63 bits per heavy atom. The van der Waals surface area contributed by atoms with Gasteiger partial charge >= 0.3 is 0 Å². The number of benzene rings is 1. The van der Waals surface area contributed by atoms with Gasteiger partial charge in [0.1, 0.15) is 0 Å². The summed E-state index contributed by atoms with van der Waals surface area (Å²) in [7, 11) is 0. The lowest BCUT2D eigenvalue weighted by Gasteiger charge is -2.06. The maximum atomic E-state index is 4.09. The number of nitrogens with zero attached hydrogens (tertiary/aromatic N) is 4. The van der Waals surface area contributed by atoms with Gasteiger partial charge in [-0.05, 0) is 40.8 Å². The molecule has 1 aromatic heterocycles. The highest BCUT2D eigenvalue weighted by Gasteiger charge is 2.21.